The van der Waals surface area contributed by atoms with E-state index >= 15 is 0 Å². The lowest BCUT2D eigenvalue weighted by Crippen LogP contribution is -1.90. The number of pyridine rings is 1. The highest BCUT2D eigenvalue weighted by atomic mass is 32.2. The molecule has 2 rings (SSSR count). The fourth-order valence-corrected chi connectivity index (χ4v) is 2.57. The molecule has 0 bridgehead atoms. The lowest BCUT2D eigenvalue weighted by molar-refractivity contribution is 0.476. The minimum Gasteiger partial charge on any atom is -0.250 e. The van der Waals surface area contributed by atoms with E-state index in [1.165, 1.54) is 0 Å². The van der Waals surface area contributed by atoms with E-state index in [9.17, 15) is 4.39 Å². The van der Waals surface area contributed by atoms with Crippen molar-refractivity contribution in [2.45, 2.75) is 24.9 Å². The molecule has 1 aromatic heterocycles. The second-order valence-electron chi connectivity index (χ2n) is 3.61. The Hall–Kier alpha value is -1.09. The molecule has 0 aliphatic rings. The summed E-state index contributed by atoms with van der Waals surface area (Å²) < 4.78 is 12.7. The maximum atomic E-state index is 12.7. The van der Waals surface area contributed by atoms with Crippen LogP contribution in [0.2, 0.25) is 0 Å². The summed E-state index contributed by atoms with van der Waals surface area (Å²) in [5.74, 6) is 1.06. The van der Waals surface area contributed by atoms with Crippen molar-refractivity contribution in [1.29, 1.82) is 0 Å². The molecule has 1 nitrogen and oxygen atoms in total. The topological polar surface area (TPSA) is 12.9 Å². The monoisotopic (exact) mass is 235 g/mol. The van der Waals surface area contributed by atoms with Crippen molar-refractivity contribution in [3.05, 3.63) is 36.0 Å². The van der Waals surface area contributed by atoms with Crippen LogP contribution >= 0.6 is 11.8 Å². The van der Waals surface area contributed by atoms with Crippen LogP contribution in [0.4, 0.5) is 4.39 Å². The van der Waals surface area contributed by atoms with Gasteiger partial charge in [0.05, 0.1) is 11.2 Å². The van der Waals surface area contributed by atoms with E-state index < -0.39 is 6.67 Å². The van der Waals surface area contributed by atoms with Crippen LogP contribution in [0.3, 0.4) is 0 Å². The number of nitrogens with zero attached hydrogens (tertiary/aromatic N) is 1. The summed E-state index contributed by atoms with van der Waals surface area (Å²) in [6, 6.07) is 9.77. The quantitative estimate of drug-likeness (QED) is 0.736. The van der Waals surface area contributed by atoms with Gasteiger partial charge < -0.3 is 0 Å². The smallest absolute Gasteiger partial charge is 0.131 e. The number of rotatable bonds is 4. The summed E-state index contributed by atoms with van der Waals surface area (Å²) in [4.78, 5) is 5.41. The Morgan fingerprint density at radius 3 is 2.88 bits per heavy atom. The number of alkyl halides is 1. The van der Waals surface area contributed by atoms with Gasteiger partial charge in [0.1, 0.15) is 6.67 Å². The van der Waals surface area contributed by atoms with Gasteiger partial charge in [0, 0.05) is 10.3 Å². The number of benzene rings is 1. The van der Waals surface area contributed by atoms with Gasteiger partial charge in [-0.25, -0.2) is 9.37 Å². The van der Waals surface area contributed by atoms with E-state index in [1.807, 2.05) is 30.3 Å². The zero-order chi connectivity index (χ0) is 11.4. The number of thioether (sulfide) groups is 1. The van der Waals surface area contributed by atoms with Crippen LogP contribution in [-0.4, -0.2) is 10.7 Å². The third-order valence-corrected chi connectivity index (χ3v) is 3.59. The van der Waals surface area contributed by atoms with Gasteiger partial charge in [-0.15, -0.1) is 11.8 Å². The first-order valence-electron chi connectivity index (χ1n) is 5.42. The van der Waals surface area contributed by atoms with Gasteiger partial charge in [-0.3, -0.25) is 0 Å². The van der Waals surface area contributed by atoms with Crippen molar-refractivity contribution < 1.29 is 4.39 Å². The fourth-order valence-electron chi connectivity index (χ4n) is 1.60. The third-order valence-electron chi connectivity index (χ3n) is 2.33. The molecular formula is C13H14FNS. The molecule has 0 amide bonds. The zero-order valence-corrected chi connectivity index (χ0v) is 10.1. The van der Waals surface area contributed by atoms with E-state index in [1.54, 1.807) is 11.8 Å². The van der Waals surface area contributed by atoms with Crippen LogP contribution in [0.25, 0.3) is 10.9 Å². The average Bonchev–Trinajstić information content (AvgIpc) is 2.35. The summed E-state index contributed by atoms with van der Waals surface area (Å²) >= 11 is 1.77. The Bertz CT molecular complexity index is 484. The predicted molar refractivity (Wildman–Crippen MR) is 67.6 cm³/mol. The maximum Gasteiger partial charge on any atom is 0.131 e. The highest BCUT2D eigenvalue weighted by Crippen LogP contribution is 2.28. The second kappa shape index (κ2) is 5.30. The molecule has 0 atom stereocenters. The summed E-state index contributed by atoms with van der Waals surface area (Å²) in [6.45, 7) is 1.65. The number of hydrogen-bond acceptors (Lipinski definition) is 2. The lowest BCUT2D eigenvalue weighted by atomic mass is 10.2. The molecule has 0 aliphatic heterocycles. The van der Waals surface area contributed by atoms with Crippen molar-refractivity contribution in [3.8, 4) is 0 Å². The Balaban J connectivity index is 2.50. The normalized spacial score (nSPS) is 10.9. The SMILES string of the molecule is CCCSc1cc(CF)nc2ccccc12. The van der Waals surface area contributed by atoms with Crippen LogP contribution in [0.1, 0.15) is 19.0 Å². The standard InChI is InChI=1S/C13H14FNS/c1-2-7-16-13-8-10(9-14)15-12-6-4-3-5-11(12)13/h3-6,8H,2,7,9H2,1H3. The van der Waals surface area contributed by atoms with E-state index in [4.69, 9.17) is 0 Å². The van der Waals surface area contributed by atoms with Crippen molar-refractivity contribution in [3.63, 3.8) is 0 Å². The highest BCUT2D eigenvalue weighted by Gasteiger charge is 2.05. The third kappa shape index (κ3) is 2.35. The first kappa shape index (κ1) is 11.4. The Labute approximate surface area is 99.1 Å². The zero-order valence-electron chi connectivity index (χ0n) is 9.24. The van der Waals surface area contributed by atoms with Crippen molar-refractivity contribution in [2.24, 2.45) is 0 Å². The Morgan fingerprint density at radius 2 is 2.12 bits per heavy atom. The van der Waals surface area contributed by atoms with Gasteiger partial charge in [-0.1, -0.05) is 25.1 Å². The van der Waals surface area contributed by atoms with Gasteiger partial charge in [-0.05, 0) is 24.3 Å². The van der Waals surface area contributed by atoms with E-state index in [0.717, 1.165) is 28.0 Å². The number of halogens is 1. The van der Waals surface area contributed by atoms with Gasteiger partial charge >= 0.3 is 0 Å². The van der Waals surface area contributed by atoms with E-state index in [-0.39, 0.29) is 0 Å². The maximum absolute atomic E-state index is 12.7. The predicted octanol–water partition coefficient (Wildman–Crippen LogP) is 4.21. The molecule has 0 saturated heterocycles. The van der Waals surface area contributed by atoms with Crippen LogP contribution in [-0.2, 0) is 6.67 Å². The van der Waals surface area contributed by atoms with Crippen LogP contribution in [0, 0.1) is 0 Å². The second-order valence-corrected chi connectivity index (χ2v) is 4.75. The molecule has 1 heterocycles. The molecule has 0 saturated carbocycles. The molecule has 1 aromatic carbocycles. The average molecular weight is 235 g/mol. The summed E-state index contributed by atoms with van der Waals surface area (Å²) in [6.07, 6.45) is 1.12. The molecule has 0 N–H and O–H groups in total. The molecule has 84 valence electrons. The van der Waals surface area contributed by atoms with E-state index in [0.29, 0.717) is 5.69 Å². The molecule has 3 heteroatoms. The largest absolute Gasteiger partial charge is 0.250 e. The van der Waals surface area contributed by atoms with E-state index in [2.05, 4.69) is 11.9 Å². The summed E-state index contributed by atoms with van der Waals surface area (Å²) in [5, 5.41) is 1.12. The molecular weight excluding hydrogens is 221 g/mol. The van der Waals surface area contributed by atoms with Crippen LogP contribution in [0.15, 0.2) is 35.2 Å². The number of fused-ring (bicyclic) bond motifs is 1. The molecule has 0 fully saturated rings. The lowest BCUT2D eigenvalue weighted by Gasteiger charge is -2.07. The molecule has 0 radical (unpaired) electrons. The van der Waals surface area contributed by atoms with Gasteiger partial charge in [-0.2, -0.15) is 0 Å². The minimum atomic E-state index is -0.496. The summed E-state index contributed by atoms with van der Waals surface area (Å²) in [7, 11) is 0. The number of aromatic nitrogens is 1. The molecule has 2 aromatic rings. The highest BCUT2D eigenvalue weighted by molar-refractivity contribution is 7.99. The summed E-state index contributed by atoms with van der Waals surface area (Å²) in [5.41, 5.74) is 1.41. The van der Waals surface area contributed by atoms with Crippen molar-refractivity contribution in [1.82, 2.24) is 4.98 Å². The van der Waals surface area contributed by atoms with Gasteiger partial charge in [0.15, 0.2) is 0 Å². The van der Waals surface area contributed by atoms with Gasteiger partial charge in [0.25, 0.3) is 0 Å². The van der Waals surface area contributed by atoms with Crippen molar-refractivity contribution >= 4 is 22.7 Å². The van der Waals surface area contributed by atoms with Crippen LogP contribution < -0.4 is 0 Å². The Morgan fingerprint density at radius 1 is 1.31 bits per heavy atom. The molecule has 0 unspecified atom stereocenters. The Kier molecular flexibility index (Phi) is 3.78. The number of para-hydroxylation sites is 1. The fraction of sp³-hybridized carbons (Fsp3) is 0.308. The molecule has 0 spiro atoms. The molecule has 16 heavy (non-hydrogen) atoms. The van der Waals surface area contributed by atoms with Crippen LogP contribution in [0.5, 0.6) is 0 Å². The molecule has 0 aliphatic carbocycles. The first-order chi connectivity index (χ1) is 7.85. The number of hydrogen-bond donors (Lipinski definition) is 0. The first-order valence-corrected chi connectivity index (χ1v) is 6.41. The van der Waals surface area contributed by atoms with Crippen molar-refractivity contribution in [2.75, 3.05) is 5.75 Å². The van der Waals surface area contributed by atoms with Gasteiger partial charge in [0.2, 0.25) is 0 Å². The minimum absolute atomic E-state index is 0.496.